The zero-order valence-electron chi connectivity index (χ0n) is 11.1. The van der Waals surface area contributed by atoms with Crippen LogP contribution in [0.15, 0.2) is 30.5 Å². The van der Waals surface area contributed by atoms with Crippen LogP contribution in [0.1, 0.15) is 16.2 Å². The third-order valence-corrected chi connectivity index (χ3v) is 3.21. The standard InChI is InChI=1S/C15H12FN3O/c1-9-17-14(11-5-3-4-6-12(11)16)13-10(8-20)7-19(2)15(13)18-9/h3-8H,1-2H3. The molecule has 2 aromatic heterocycles. The number of aldehydes is 1. The van der Waals surface area contributed by atoms with Crippen molar-refractivity contribution in [2.45, 2.75) is 6.92 Å². The Labute approximate surface area is 114 Å². The first-order valence-corrected chi connectivity index (χ1v) is 6.15. The van der Waals surface area contributed by atoms with Gasteiger partial charge in [0, 0.05) is 24.4 Å². The number of hydrogen-bond acceptors (Lipinski definition) is 3. The van der Waals surface area contributed by atoms with Gasteiger partial charge in [-0.1, -0.05) is 12.1 Å². The number of aryl methyl sites for hydroxylation is 2. The Morgan fingerprint density at radius 3 is 2.70 bits per heavy atom. The van der Waals surface area contributed by atoms with E-state index in [0.29, 0.717) is 33.7 Å². The molecule has 0 aliphatic heterocycles. The summed E-state index contributed by atoms with van der Waals surface area (Å²) in [5.41, 5.74) is 1.91. The summed E-state index contributed by atoms with van der Waals surface area (Å²) >= 11 is 0. The molecule has 5 heteroatoms. The smallest absolute Gasteiger partial charge is 0.152 e. The second-order valence-electron chi connectivity index (χ2n) is 4.61. The largest absolute Gasteiger partial charge is 0.335 e. The van der Waals surface area contributed by atoms with E-state index in [0.717, 1.165) is 6.29 Å². The van der Waals surface area contributed by atoms with Crippen LogP contribution < -0.4 is 0 Å². The summed E-state index contributed by atoms with van der Waals surface area (Å²) in [5.74, 6) is 0.169. The molecular formula is C15H12FN3O. The van der Waals surface area contributed by atoms with Crippen molar-refractivity contribution in [3.63, 3.8) is 0 Å². The number of carbonyl (C=O) groups excluding carboxylic acids is 1. The molecule has 3 rings (SSSR count). The summed E-state index contributed by atoms with van der Waals surface area (Å²) in [6.45, 7) is 1.75. The lowest BCUT2D eigenvalue weighted by molar-refractivity contribution is 0.112. The van der Waals surface area contributed by atoms with E-state index in [-0.39, 0.29) is 5.82 Å². The van der Waals surface area contributed by atoms with E-state index in [2.05, 4.69) is 9.97 Å². The Kier molecular flexibility index (Phi) is 2.82. The average molecular weight is 269 g/mol. The van der Waals surface area contributed by atoms with Crippen molar-refractivity contribution < 1.29 is 9.18 Å². The first-order valence-electron chi connectivity index (χ1n) is 6.15. The molecule has 100 valence electrons. The Bertz CT molecular complexity index is 823. The Morgan fingerprint density at radius 1 is 1.25 bits per heavy atom. The van der Waals surface area contributed by atoms with Crippen molar-refractivity contribution in [1.29, 1.82) is 0 Å². The summed E-state index contributed by atoms with van der Waals surface area (Å²) in [5, 5.41) is 0.582. The molecule has 0 bridgehead atoms. The molecule has 0 unspecified atom stereocenters. The van der Waals surface area contributed by atoms with Crippen LogP contribution in [0.25, 0.3) is 22.3 Å². The summed E-state index contributed by atoms with van der Waals surface area (Å²) in [6.07, 6.45) is 2.42. The van der Waals surface area contributed by atoms with Crippen molar-refractivity contribution in [2.24, 2.45) is 7.05 Å². The molecule has 3 aromatic rings. The third kappa shape index (κ3) is 1.79. The van der Waals surface area contributed by atoms with E-state index in [4.69, 9.17) is 0 Å². The summed E-state index contributed by atoms with van der Waals surface area (Å²) in [6, 6.07) is 6.39. The second kappa shape index (κ2) is 4.52. The van der Waals surface area contributed by atoms with Crippen molar-refractivity contribution in [1.82, 2.24) is 14.5 Å². The van der Waals surface area contributed by atoms with Crippen LogP contribution in [0.4, 0.5) is 4.39 Å². The molecule has 1 aromatic carbocycles. The highest BCUT2D eigenvalue weighted by atomic mass is 19.1. The van der Waals surface area contributed by atoms with Gasteiger partial charge in [0.1, 0.15) is 17.3 Å². The van der Waals surface area contributed by atoms with Gasteiger partial charge < -0.3 is 4.57 Å². The maximum Gasteiger partial charge on any atom is 0.152 e. The van der Waals surface area contributed by atoms with Crippen molar-refractivity contribution in [2.75, 3.05) is 0 Å². The van der Waals surface area contributed by atoms with E-state index in [9.17, 15) is 9.18 Å². The predicted octanol–water partition coefficient (Wildman–Crippen LogP) is 2.90. The Balaban J connectivity index is 2.46. The van der Waals surface area contributed by atoms with Crippen LogP contribution in [0, 0.1) is 12.7 Å². The minimum absolute atomic E-state index is 0.368. The number of halogens is 1. The van der Waals surface area contributed by atoms with Gasteiger partial charge in [0.2, 0.25) is 0 Å². The zero-order valence-corrected chi connectivity index (χ0v) is 11.1. The van der Waals surface area contributed by atoms with Gasteiger partial charge in [0.25, 0.3) is 0 Å². The molecule has 4 nitrogen and oxygen atoms in total. The SMILES string of the molecule is Cc1nc(-c2ccccc2F)c2c(C=O)cn(C)c2n1. The normalized spacial score (nSPS) is 10.9. The number of benzene rings is 1. The first kappa shape index (κ1) is 12.5. The number of aromatic nitrogens is 3. The average Bonchev–Trinajstić information content (AvgIpc) is 2.75. The molecule has 2 heterocycles. The van der Waals surface area contributed by atoms with Crippen molar-refractivity contribution >= 4 is 17.3 Å². The Hall–Kier alpha value is -2.56. The molecule has 0 N–H and O–H groups in total. The van der Waals surface area contributed by atoms with Gasteiger partial charge in [-0.25, -0.2) is 14.4 Å². The van der Waals surface area contributed by atoms with Gasteiger partial charge in [0.15, 0.2) is 6.29 Å². The zero-order chi connectivity index (χ0) is 14.3. The van der Waals surface area contributed by atoms with E-state index < -0.39 is 0 Å². The van der Waals surface area contributed by atoms with Crippen LogP contribution in [0.5, 0.6) is 0 Å². The molecule has 20 heavy (non-hydrogen) atoms. The third-order valence-electron chi connectivity index (χ3n) is 3.21. The molecule has 0 radical (unpaired) electrons. The monoisotopic (exact) mass is 269 g/mol. The number of rotatable bonds is 2. The van der Waals surface area contributed by atoms with Crippen molar-refractivity contribution in [3.8, 4) is 11.3 Å². The summed E-state index contributed by atoms with van der Waals surface area (Å²) in [7, 11) is 1.80. The van der Waals surface area contributed by atoms with Crippen LogP contribution in [-0.4, -0.2) is 20.8 Å². The van der Waals surface area contributed by atoms with Crippen LogP contribution >= 0.6 is 0 Å². The lowest BCUT2D eigenvalue weighted by Gasteiger charge is -2.06. The van der Waals surface area contributed by atoms with E-state index in [1.165, 1.54) is 6.07 Å². The van der Waals surface area contributed by atoms with Crippen LogP contribution in [0.2, 0.25) is 0 Å². The number of nitrogens with zero attached hydrogens (tertiary/aromatic N) is 3. The van der Waals surface area contributed by atoms with Crippen LogP contribution in [0.3, 0.4) is 0 Å². The number of fused-ring (bicyclic) bond motifs is 1. The summed E-state index contributed by atoms with van der Waals surface area (Å²) < 4.78 is 15.8. The van der Waals surface area contributed by atoms with E-state index in [1.54, 1.807) is 42.9 Å². The molecule has 0 spiro atoms. The fourth-order valence-corrected chi connectivity index (χ4v) is 2.35. The van der Waals surface area contributed by atoms with Gasteiger partial charge >= 0.3 is 0 Å². The first-order chi connectivity index (χ1) is 9.61. The van der Waals surface area contributed by atoms with Gasteiger partial charge in [-0.2, -0.15) is 0 Å². The quantitative estimate of drug-likeness (QED) is 0.672. The lowest BCUT2D eigenvalue weighted by Crippen LogP contribution is -1.97. The minimum Gasteiger partial charge on any atom is -0.335 e. The highest BCUT2D eigenvalue weighted by molar-refractivity contribution is 6.03. The topological polar surface area (TPSA) is 47.8 Å². The second-order valence-corrected chi connectivity index (χ2v) is 4.61. The predicted molar refractivity (Wildman–Crippen MR) is 74.0 cm³/mol. The molecule has 0 amide bonds. The maximum atomic E-state index is 14.0. The molecular weight excluding hydrogens is 257 g/mol. The van der Waals surface area contributed by atoms with Crippen molar-refractivity contribution in [3.05, 3.63) is 47.7 Å². The maximum absolute atomic E-state index is 14.0. The molecule has 0 fully saturated rings. The van der Waals surface area contributed by atoms with E-state index >= 15 is 0 Å². The number of hydrogen-bond donors (Lipinski definition) is 0. The van der Waals surface area contributed by atoms with E-state index in [1.807, 2.05) is 0 Å². The molecule has 0 saturated carbocycles. The highest BCUT2D eigenvalue weighted by Crippen LogP contribution is 2.30. The minimum atomic E-state index is -0.368. The van der Waals surface area contributed by atoms with Gasteiger partial charge in [-0.15, -0.1) is 0 Å². The molecule has 0 saturated heterocycles. The fourth-order valence-electron chi connectivity index (χ4n) is 2.35. The molecule has 0 atom stereocenters. The van der Waals surface area contributed by atoms with Gasteiger partial charge in [-0.3, -0.25) is 4.79 Å². The Morgan fingerprint density at radius 2 is 2.00 bits per heavy atom. The number of carbonyl (C=O) groups is 1. The highest BCUT2D eigenvalue weighted by Gasteiger charge is 2.17. The summed E-state index contributed by atoms with van der Waals surface area (Å²) in [4.78, 5) is 19.9. The van der Waals surface area contributed by atoms with Crippen LogP contribution in [-0.2, 0) is 7.05 Å². The van der Waals surface area contributed by atoms with Gasteiger partial charge in [0.05, 0.1) is 11.1 Å². The molecule has 0 aliphatic rings. The lowest BCUT2D eigenvalue weighted by atomic mass is 10.1. The van der Waals surface area contributed by atoms with Gasteiger partial charge in [-0.05, 0) is 19.1 Å². The molecule has 0 aliphatic carbocycles. The fraction of sp³-hybridized carbons (Fsp3) is 0.133.